The largest absolute Gasteiger partial charge is 0.0552 e. The van der Waals surface area contributed by atoms with Crippen LogP contribution in [-0.4, -0.2) is 151 Å². The molecule has 21 heavy (non-hydrogen) atoms. The molecule has 0 saturated carbocycles. The molecule has 0 aromatic rings. The summed E-state index contributed by atoms with van der Waals surface area (Å²) in [5.74, 6) is 0. The fourth-order valence-corrected chi connectivity index (χ4v) is 4.23. The molecule has 0 bridgehead atoms. The highest BCUT2D eigenvalue weighted by Crippen LogP contribution is 2.01. The summed E-state index contributed by atoms with van der Waals surface area (Å²) in [6, 6.07) is 0. The lowest BCUT2D eigenvalue weighted by Crippen LogP contribution is -2.76. The van der Waals surface area contributed by atoms with Crippen molar-refractivity contribution in [2.45, 2.75) is 0 Å². The Morgan fingerprint density at radius 1 is 0.524 bits per heavy atom. The second-order valence-corrected chi connectivity index (χ2v) is 9.00. The van der Waals surface area contributed by atoms with Gasteiger partial charge in [-0.3, -0.25) is 0 Å². The third-order valence-corrected chi connectivity index (χ3v) is 5.63. The van der Waals surface area contributed by atoms with Crippen LogP contribution in [0.15, 0.2) is 0 Å². The Morgan fingerprint density at radius 3 is 1.14 bits per heavy atom. The predicted molar refractivity (Wildman–Crippen MR) is 153 cm³/mol. The SMILES string of the molecule is [3H]B(B(B(B)B)B(B)B)B(B(B)B(B)B)B(B(B)B)B(B)B. The Morgan fingerprint density at radius 2 is 0.905 bits per heavy atom. The summed E-state index contributed by atoms with van der Waals surface area (Å²) in [6.45, 7) is 0. The van der Waals surface area contributed by atoms with Gasteiger partial charge in [-0.1, -0.05) is 0 Å². The van der Waals surface area contributed by atoms with Gasteiger partial charge in [0.1, 0.15) is 0 Å². The molecular formula is H23B21. The minimum atomic E-state index is 0.0483. The van der Waals surface area contributed by atoms with Crippen molar-refractivity contribution in [2.75, 3.05) is 0 Å². The van der Waals surface area contributed by atoms with Crippen molar-refractivity contribution in [1.82, 2.24) is 0 Å². The van der Waals surface area contributed by atoms with Crippen LogP contribution in [0.5, 0.6) is 0 Å². The molecular weight excluding hydrogens is 227 g/mol. The van der Waals surface area contributed by atoms with Crippen LogP contribution in [0, 0.1) is 0 Å². The lowest BCUT2D eigenvalue weighted by atomic mass is 8.43. The average molecular weight is 252 g/mol. The molecule has 0 aliphatic rings. The summed E-state index contributed by atoms with van der Waals surface area (Å²) in [7, 11) is 25.8. The van der Waals surface area contributed by atoms with E-state index in [0.717, 1.165) is 0 Å². The molecule has 0 aliphatic heterocycles. The van der Waals surface area contributed by atoms with E-state index in [4.69, 9.17) is 0 Å². The van der Waals surface area contributed by atoms with E-state index >= 15 is 0 Å². The maximum atomic E-state index is 9.19. The molecule has 0 unspecified atom stereocenters. The summed E-state index contributed by atoms with van der Waals surface area (Å²) in [4.78, 5) is 0. The maximum absolute atomic E-state index is 9.19. The van der Waals surface area contributed by atoms with Gasteiger partial charge in [0.25, 0.3) is 0 Å². The van der Waals surface area contributed by atoms with Gasteiger partial charge < -0.3 is 0 Å². The van der Waals surface area contributed by atoms with Crippen LogP contribution in [0.2, 0.25) is 0 Å². The molecule has 0 spiro atoms. The van der Waals surface area contributed by atoms with Gasteiger partial charge in [-0.2, -0.15) is 0 Å². The molecule has 0 amide bonds. The highest BCUT2D eigenvalue weighted by atomic mass is 13.2. The fraction of sp³-hybridized carbons (Fsp3) is 0. The minimum Gasteiger partial charge on any atom is -0.0388 e. The first-order valence-electron chi connectivity index (χ1n) is 9.93. The van der Waals surface area contributed by atoms with Crippen molar-refractivity contribution in [1.29, 1.82) is 1.34 Å². The van der Waals surface area contributed by atoms with Crippen LogP contribution in [-0.2, 0) is 0 Å². The summed E-state index contributed by atoms with van der Waals surface area (Å²) in [5, 5.41) is 0. The van der Waals surface area contributed by atoms with Gasteiger partial charge >= 0.3 is 0 Å². The molecule has 0 rings (SSSR count). The zero-order valence-electron chi connectivity index (χ0n) is 17.8. The van der Waals surface area contributed by atoms with Crippen LogP contribution in [0.3, 0.4) is 0 Å². The monoisotopic (exact) mass is 256 g/mol. The van der Waals surface area contributed by atoms with Crippen LogP contribution in [0.1, 0.15) is 0 Å². The summed E-state index contributed by atoms with van der Waals surface area (Å²) in [5.41, 5.74) is 0. The first-order valence-corrected chi connectivity index (χ1v) is 9.35. The number of rotatable bonds is 9. The van der Waals surface area contributed by atoms with Crippen LogP contribution >= 0.6 is 0 Å². The second kappa shape index (κ2) is 10.3. The smallest absolute Gasteiger partial charge is 0.0388 e. The predicted octanol–water partition coefficient (Wildman–Crippen LogP) is -14.2. The summed E-state index contributed by atoms with van der Waals surface area (Å²) >= 11 is 0. The fourth-order valence-electron chi connectivity index (χ4n) is 4.23. The highest BCUT2D eigenvalue weighted by molar-refractivity contribution is 8.15. The molecule has 0 aromatic carbocycles. The maximum Gasteiger partial charge on any atom is 0.0552 e. The molecule has 0 fully saturated rings. The number of hydrogen-bond acceptors (Lipinski definition) is 0. The molecule has 0 nitrogen and oxygen atoms in total. The second-order valence-electron chi connectivity index (χ2n) is 9.00. The molecule has 0 N–H and O–H groups in total. The molecule has 0 aromatic heterocycles. The van der Waals surface area contributed by atoms with E-state index in [-0.39, 0.29) is 7.02 Å². The molecule has 0 heterocycles. The summed E-state index contributed by atoms with van der Waals surface area (Å²) < 4.78 is 9.19. The average Bonchev–Trinajstić information content (AvgIpc) is 2.32. The van der Waals surface area contributed by atoms with E-state index in [0.29, 0.717) is 57.5 Å². The van der Waals surface area contributed by atoms with Crippen molar-refractivity contribution in [3.63, 3.8) is 0 Å². The van der Waals surface area contributed by atoms with Gasteiger partial charge in [-0.05, 0) is 1.34 Å². The third kappa shape index (κ3) is 7.20. The number of hydrogen-bond donors (Lipinski definition) is 0. The lowest BCUT2D eigenvalue weighted by molar-refractivity contribution is 3.38. The molecule has 0 radical (unpaired) electrons. The Kier molecular flexibility index (Phi) is 9.99. The van der Waals surface area contributed by atoms with Crippen molar-refractivity contribution >= 4 is 150 Å². The molecule has 86 valence electrons. The van der Waals surface area contributed by atoms with Crippen LogP contribution in [0.4, 0.5) is 0 Å². The molecule has 0 aliphatic carbocycles. The molecule has 0 saturated heterocycles. The van der Waals surface area contributed by atoms with E-state index in [2.05, 4.69) is 85.1 Å². The van der Waals surface area contributed by atoms with Crippen molar-refractivity contribution < 1.29 is 0 Å². The van der Waals surface area contributed by atoms with Crippen molar-refractivity contribution in [2.24, 2.45) is 0 Å². The Labute approximate surface area is 150 Å². The van der Waals surface area contributed by atoms with E-state index < -0.39 is 0 Å². The zero-order valence-corrected chi connectivity index (χ0v) is 16.8. The van der Waals surface area contributed by atoms with E-state index in [1.807, 2.05) is 0 Å². The van der Waals surface area contributed by atoms with E-state index in [1.54, 1.807) is 0 Å². The van der Waals surface area contributed by atoms with E-state index in [1.165, 1.54) is 0 Å². The Balaban J connectivity index is 5.74. The van der Waals surface area contributed by atoms with Gasteiger partial charge in [0.05, 0.1) is 85.1 Å². The highest BCUT2D eigenvalue weighted by Gasteiger charge is 2.41. The Hall–Kier alpha value is 1.36. The van der Waals surface area contributed by atoms with Gasteiger partial charge in [0.2, 0.25) is 0 Å². The molecule has 21 heteroatoms. The third-order valence-electron chi connectivity index (χ3n) is 5.63. The lowest BCUT2D eigenvalue weighted by Gasteiger charge is -2.36. The van der Waals surface area contributed by atoms with Crippen LogP contribution in [0.25, 0.3) is 0 Å². The Bertz CT molecular complexity index is 274. The summed E-state index contributed by atoms with van der Waals surface area (Å²) in [6.07, 6.45) is 5.36. The minimum absolute atomic E-state index is 0.0483. The van der Waals surface area contributed by atoms with Gasteiger partial charge in [-0.15, -0.1) is 0 Å². The quantitative estimate of drug-likeness (QED) is 0.358. The van der Waals surface area contributed by atoms with Crippen molar-refractivity contribution in [3.8, 4) is 0 Å². The van der Waals surface area contributed by atoms with Gasteiger partial charge in [0, 0.05) is 64.5 Å². The van der Waals surface area contributed by atoms with Crippen LogP contribution < -0.4 is 0 Å². The normalized spacial score (nSPS) is 9.81. The van der Waals surface area contributed by atoms with Crippen molar-refractivity contribution in [3.05, 3.63) is 0 Å². The first kappa shape index (κ1) is 20.4. The standard InChI is InChI=1S/B21H23/c1-13(2)18(11)20(21(16(7)8)17(9)10)12-19(14(3)4)15(5)6/h12H,1-11H2/i12T. The topological polar surface area (TPSA) is 0 Å². The van der Waals surface area contributed by atoms with Gasteiger partial charge in [-0.25, -0.2) is 0 Å². The van der Waals surface area contributed by atoms with E-state index in [9.17, 15) is 1.34 Å². The zero-order chi connectivity index (χ0) is 17.8. The first-order chi connectivity index (χ1) is 9.93. The molecule has 0 atom stereocenters. The van der Waals surface area contributed by atoms with Gasteiger partial charge in [0.15, 0.2) is 0 Å².